The third-order valence-electron chi connectivity index (χ3n) is 4.92. The first-order valence-corrected chi connectivity index (χ1v) is 9.78. The van der Waals surface area contributed by atoms with Gasteiger partial charge in [0.25, 0.3) is 0 Å². The fourth-order valence-corrected chi connectivity index (χ4v) is 3.14. The van der Waals surface area contributed by atoms with Crippen LogP contribution in [0.15, 0.2) is 53.8 Å². The highest BCUT2D eigenvalue weighted by Gasteiger charge is 2.10. The lowest BCUT2D eigenvalue weighted by molar-refractivity contribution is 0.240. The van der Waals surface area contributed by atoms with Crippen molar-refractivity contribution in [2.75, 3.05) is 20.1 Å². The van der Waals surface area contributed by atoms with Gasteiger partial charge in [-0.05, 0) is 55.9 Å². The van der Waals surface area contributed by atoms with Crippen molar-refractivity contribution < 1.29 is 4.79 Å². The van der Waals surface area contributed by atoms with Crippen LogP contribution < -0.4 is 10.6 Å². The van der Waals surface area contributed by atoms with Crippen LogP contribution in [0.1, 0.15) is 37.3 Å². The number of nitrogens with zero attached hydrogens (tertiary/aromatic N) is 1. The Hall–Kier alpha value is -2.20. The lowest BCUT2D eigenvalue weighted by Gasteiger charge is -2.27. The molecule has 0 fully saturated rings. The Balaban J connectivity index is 1.69. The van der Waals surface area contributed by atoms with E-state index in [1.54, 1.807) is 0 Å². The van der Waals surface area contributed by atoms with E-state index in [1.807, 2.05) is 25.1 Å². The Morgan fingerprint density at radius 2 is 2.11 bits per heavy atom. The number of carbonyl (C=O) groups is 1. The third-order valence-corrected chi connectivity index (χ3v) is 5.33. The number of benzene rings is 1. The summed E-state index contributed by atoms with van der Waals surface area (Å²) in [6, 6.07) is 5.61. The van der Waals surface area contributed by atoms with Crippen molar-refractivity contribution in [3.63, 3.8) is 0 Å². The van der Waals surface area contributed by atoms with Gasteiger partial charge in [-0.15, -0.1) is 0 Å². The number of nitrogens with one attached hydrogen (secondary N) is 2. The Labute approximate surface area is 168 Å². The van der Waals surface area contributed by atoms with E-state index in [4.69, 9.17) is 11.6 Å². The van der Waals surface area contributed by atoms with Crippen LogP contribution in [0.3, 0.4) is 0 Å². The summed E-state index contributed by atoms with van der Waals surface area (Å²) in [5.41, 5.74) is 5.72. The summed E-state index contributed by atoms with van der Waals surface area (Å²) in [6.07, 6.45) is 7.25. The molecule has 0 atom stereocenters. The lowest BCUT2D eigenvalue weighted by atomic mass is 10.0. The molecule has 0 aliphatic carbocycles. The fraction of sp³-hybridized carbons (Fsp3) is 0.409. The van der Waals surface area contributed by atoms with Gasteiger partial charge >= 0.3 is 6.03 Å². The average Bonchev–Trinajstić information content (AvgIpc) is 2.64. The quantitative estimate of drug-likeness (QED) is 0.650. The van der Waals surface area contributed by atoms with Gasteiger partial charge < -0.3 is 15.5 Å². The van der Waals surface area contributed by atoms with Crippen molar-refractivity contribution in [1.82, 2.24) is 15.5 Å². The molecular weight excluding hydrogens is 358 g/mol. The maximum absolute atomic E-state index is 11.9. The Bertz CT molecular complexity index is 752. The molecule has 1 heterocycles. The fourth-order valence-electron chi connectivity index (χ4n) is 2.93. The minimum Gasteiger partial charge on any atom is -0.378 e. The van der Waals surface area contributed by atoms with Crippen LogP contribution in [0.2, 0.25) is 5.02 Å². The molecule has 1 aromatic carbocycles. The first-order valence-electron chi connectivity index (χ1n) is 9.40. The summed E-state index contributed by atoms with van der Waals surface area (Å²) in [7, 11) is 2.13. The van der Waals surface area contributed by atoms with E-state index in [-0.39, 0.29) is 6.03 Å². The molecule has 0 spiro atoms. The number of hydrogen-bond acceptors (Lipinski definition) is 2. The molecule has 27 heavy (non-hydrogen) atoms. The maximum atomic E-state index is 11.9. The van der Waals surface area contributed by atoms with Crippen molar-refractivity contribution in [2.45, 2.75) is 39.7 Å². The van der Waals surface area contributed by atoms with E-state index in [1.165, 1.54) is 17.7 Å². The molecule has 4 nitrogen and oxygen atoms in total. The molecule has 0 saturated heterocycles. The van der Waals surface area contributed by atoms with Gasteiger partial charge in [0.15, 0.2) is 0 Å². The first kappa shape index (κ1) is 21.1. The minimum absolute atomic E-state index is 0.184. The van der Waals surface area contributed by atoms with Crippen LogP contribution in [0, 0.1) is 6.92 Å². The first-order chi connectivity index (χ1) is 12.9. The van der Waals surface area contributed by atoms with Gasteiger partial charge in [-0.1, -0.05) is 48.0 Å². The number of rotatable bonds is 7. The van der Waals surface area contributed by atoms with E-state index in [0.717, 1.165) is 36.1 Å². The second-order valence-corrected chi connectivity index (χ2v) is 7.48. The number of aryl methyl sites for hydroxylation is 1. The smallest absolute Gasteiger partial charge is 0.315 e. The highest BCUT2D eigenvalue weighted by Crippen LogP contribution is 2.22. The third kappa shape index (κ3) is 6.79. The monoisotopic (exact) mass is 387 g/mol. The van der Waals surface area contributed by atoms with E-state index in [2.05, 4.69) is 48.2 Å². The predicted octanol–water partition coefficient (Wildman–Crippen LogP) is 4.95. The number of carbonyl (C=O) groups excluding carboxylic acids is 1. The Morgan fingerprint density at radius 3 is 2.85 bits per heavy atom. The summed E-state index contributed by atoms with van der Waals surface area (Å²) >= 11 is 6.10. The van der Waals surface area contributed by atoms with Crippen LogP contribution >= 0.6 is 11.6 Å². The summed E-state index contributed by atoms with van der Waals surface area (Å²) in [6.45, 7) is 10.3. The maximum Gasteiger partial charge on any atom is 0.315 e. The second-order valence-electron chi connectivity index (χ2n) is 7.07. The normalized spacial score (nSPS) is 14.6. The Morgan fingerprint density at radius 1 is 1.33 bits per heavy atom. The molecule has 1 aliphatic heterocycles. The van der Waals surface area contributed by atoms with Gasteiger partial charge in [0, 0.05) is 37.4 Å². The van der Waals surface area contributed by atoms with E-state index < -0.39 is 0 Å². The predicted molar refractivity (Wildman–Crippen MR) is 114 cm³/mol. The molecule has 1 aliphatic rings. The van der Waals surface area contributed by atoms with Gasteiger partial charge in [-0.3, -0.25) is 0 Å². The average molecular weight is 388 g/mol. The van der Waals surface area contributed by atoms with E-state index >= 15 is 0 Å². The SMILES string of the molecule is C=C(/C=C\C1=C(C)N(C)CCC1)CCNC(=O)NCc1ccc(C)c(Cl)c1. The second kappa shape index (κ2) is 10.2. The van der Waals surface area contributed by atoms with Crippen LogP contribution in [-0.2, 0) is 6.54 Å². The zero-order valence-electron chi connectivity index (χ0n) is 16.6. The van der Waals surface area contributed by atoms with Crippen molar-refractivity contribution in [1.29, 1.82) is 0 Å². The molecular formula is C22H30ClN3O. The molecule has 0 saturated carbocycles. The molecule has 0 unspecified atom stereocenters. The molecule has 5 heteroatoms. The number of amides is 2. The summed E-state index contributed by atoms with van der Waals surface area (Å²) in [4.78, 5) is 14.2. The van der Waals surface area contributed by atoms with Gasteiger partial charge in [0.05, 0.1) is 0 Å². The number of halogens is 1. The van der Waals surface area contributed by atoms with Crippen molar-refractivity contribution >= 4 is 17.6 Å². The van der Waals surface area contributed by atoms with Gasteiger partial charge in [-0.2, -0.15) is 0 Å². The molecule has 2 amide bonds. The van der Waals surface area contributed by atoms with Crippen LogP contribution in [0.25, 0.3) is 0 Å². The molecule has 0 radical (unpaired) electrons. The van der Waals surface area contributed by atoms with Gasteiger partial charge in [0.2, 0.25) is 0 Å². The Kier molecular flexibility index (Phi) is 7.99. The van der Waals surface area contributed by atoms with Crippen LogP contribution in [0.5, 0.6) is 0 Å². The molecule has 2 N–H and O–H groups in total. The molecule has 0 bridgehead atoms. The number of allylic oxidation sites excluding steroid dienone is 4. The topological polar surface area (TPSA) is 44.4 Å². The van der Waals surface area contributed by atoms with Crippen molar-refractivity contribution in [2.24, 2.45) is 0 Å². The largest absolute Gasteiger partial charge is 0.378 e. The number of hydrogen-bond donors (Lipinski definition) is 2. The molecule has 1 aromatic rings. The standard InChI is InChI=1S/C22H30ClN3O/c1-16(7-10-20-6-5-13-26(4)18(20)3)11-12-24-22(27)25-15-19-9-8-17(2)21(23)14-19/h7-10,14H,1,5-6,11-13,15H2,2-4H3,(H2,24,25,27)/b10-7-. The zero-order valence-corrected chi connectivity index (χ0v) is 17.3. The van der Waals surface area contributed by atoms with E-state index in [9.17, 15) is 4.79 Å². The summed E-state index contributed by atoms with van der Waals surface area (Å²) < 4.78 is 0. The molecule has 0 aromatic heterocycles. The summed E-state index contributed by atoms with van der Waals surface area (Å²) in [5.74, 6) is 0. The minimum atomic E-state index is -0.184. The summed E-state index contributed by atoms with van der Waals surface area (Å²) in [5, 5.41) is 6.43. The van der Waals surface area contributed by atoms with Gasteiger partial charge in [-0.25, -0.2) is 4.79 Å². The highest BCUT2D eigenvalue weighted by molar-refractivity contribution is 6.31. The number of urea groups is 1. The molecule has 146 valence electrons. The van der Waals surface area contributed by atoms with Crippen molar-refractivity contribution in [3.8, 4) is 0 Å². The van der Waals surface area contributed by atoms with Crippen LogP contribution in [0.4, 0.5) is 4.79 Å². The van der Waals surface area contributed by atoms with Crippen molar-refractivity contribution in [3.05, 3.63) is 69.9 Å². The zero-order chi connectivity index (χ0) is 19.8. The molecule has 2 rings (SSSR count). The van der Waals surface area contributed by atoms with Crippen LogP contribution in [-0.4, -0.2) is 31.1 Å². The lowest BCUT2D eigenvalue weighted by Crippen LogP contribution is -2.35. The highest BCUT2D eigenvalue weighted by atomic mass is 35.5. The van der Waals surface area contributed by atoms with Gasteiger partial charge in [0.1, 0.15) is 0 Å². The van der Waals surface area contributed by atoms with E-state index in [0.29, 0.717) is 18.1 Å².